The molecule has 7 heteroatoms. The van der Waals surface area contributed by atoms with Gasteiger partial charge in [-0.2, -0.15) is 5.26 Å². The number of nitriles is 1. The Morgan fingerprint density at radius 2 is 2.50 bits per heavy atom. The summed E-state index contributed by atoms with van der Waals surface area (Å²) in [6.45, 7) is 5.09. The maximum Gasteiger partial charge on any atom is 0.254 e. The molecule has 2 heterocycles. The number of fused-ring (bicyclic) bond motifs is 1. The van der Waals surface area contributed by atoms with E-state index in [1.165, 1.54) is 0 Å². The van der Waals surface area contributed by atoms with E-state index in [1.54, 1.807) is 18.7 Å². The van der Waals surface area contributed by atoms with Crippen molar-refractivity contribution < 1.29 is 9.53 Å². The zero-order valence-corrected chi connectivity index (χ0v) is 12.5. The molecule has 1 aromatic rings. The van der Waals surface area contributed by atoms with Gasteiger partial charge >= 0.3 is 0 Å². The number of aromatic nitrogens is 2. The van der Waals surface area contributed by atoms with Crippen molar-refractivity contribution in [2.45, 2.75) is 44.5 Å². The summed E-state index contributed by atoms with van der Waals surface area (Å²) in [7, 11) is 0. The second kappa shape index (κ2) is 6.77. The molecule has 0 saturated carbocycles. The highest BCUT2D eigenvalue weighted by Gasteiger charge is 2.24. The molecule has 0 fully saturated rings. The van der Waals surface area contributed by atoms with Gasteiger partial charge in [-0.05, 0) is 13.3 Å². The Balaban J connectivity index is 2.00. The second-order valence-corrected chi connectivity index (χ2v) is 5.62. The van der Waals surface area contributed by atoms with Crippen LogP contribution in [0.15, 0.2) is 5.16 Å². The molecule has 0 spiro atoms. The second-order valence-electron chi connectivity index (χ2n) is 4.56. The van der Waals surface area contributed by atoms with E-state index in [1.807, 2.05) is 4.57 Å². The van der Waals surface area contributed by atoms with Gasteiger partial charge in [0.25, 0.3) is 5.91 Å². The van der Waals surface area contributed by atoms with E-state index in [0.717, 1.165) is 30.3 Å². The minimum Gasteiger partial charge on any atom is -0.369 e. The third-order valence-electron chi connectivity index (χ3n) is 3.06. The number of hydrogen-bond donors (Lipinski definition) is 1. The Labute approximate surface area is 122 Å². The minimum absolute atomic E-state index is 0.264. The summed E-state index contributed by atoms with van der Waals surface area (Å²) in [5, 5.41) is 12.7. The number of nitrogens with zero attached hydrogens (tertiary/aromatic N) is 3. The van der Waals surface area contributed by atoms with Gasteiger partial charge in [-0.25, -0.2) is 4.98 Å². The molecule has 20 heavy (non-hydrogen) atoms. The van der Waals surface area contributed by atoms with Gasteiger partial charge in [-0.1, -0.05) is 25.1 Å². The van der Waals surface area contributed by atoms with Crippen molar-refractivity contribution >= 4 is 23.5 Å². The maximum absolute atomic E-state index is 12.0. The lowest BCUT2D eigenvalue weighted by atomic mass is 10.3. The molecule has 1 N–H and O–H groups in total. The SMILES string of the molecule is CCCCOC(C)C(=O)Nc1nc2n(c1C#N)CCS2. The van der Waals surface area contributed by atoms with Crippen LogP contribution in [0.1, 0.15) is 32.4 Å². The van der Waals surface area contributed by atoms with Gasteiger partial charge in [0.1, 0.15) is 12.2 Å². The fraction of sp³-hybridized carbons (Fsp3) is 0.615. The number of imidazole rings is 1. The summed E-state index contributed by atoms with van der Waals surface area (Å²) in [5.41, 5.74) is 0.416. The van der Waals surface area contributed by atoms with Gasteiger partial charge in [-0.3, -0.25) is 4.79 Å². The Morgan fingerprint density at radius 1 is 1.70 bits per heavy atom. The quantitative estimate of drug-likeness (QED) is 0.812. The lowest BCUT2D eigenvalue weighted by molar-refractivity contribution is -0.126. The largest absolute Gasteiger partial charge is 0.369 e. The summed E-state index contributed by atoms with van der Waals surface area (Å²) < 4.78 is 7.27. The normalized spacial score (nSPS) is 14.7. The zero-order valence-electron chi connectivity index (χ0n) is 11.7. The first kappa shape index (κ1) is 14.9. The van der Waals surface area contributed by atoms with E-state index >= 15 is 0 Å². The van der Waals surface area contributed by atoms with Crippen LogP contribution in [0.3, 0.4) is 0 Å². The molecule has 1 aliphatic rings. The first-order valence-corrected chi connectivity index (χ1v) is 7.71. The number of unbranched alkanes of at least 4 members (excludes halogenated alkanes) is 1. The van der Waals surface area contributed by atoms with Gasteiger partial charge in [-0.15, -0.1) is 0 Å². The standard InChI is InChI=1S/C13H18N4O2S/c1-3-4-6-19-9(2)12(18)15-11-10(8-14)17-5-7-20-13(17)16-11/h9H,3-7H2,1-2H3,(H,15,18). The molecule has 108 valence electrons. The predicted octanol–water partition coefficient (Wildman–Crippen LogP) is 2.00. The van der Waals surface area contributed by atoms with Crippen molar-refractivity contribution in [3.05, 3.63) is 5.69 Å². The number of carbonyl (C=O) groups excluding carboxylic acids is 1. The van der Waals surface area contributed by atoms with Crippen molar-refractivity contribution in [3.63, 3.8) is 0 Å². The number of nitrogens with one attached hydrogen (secondary N) is 1. The van der Waals surface area contributed by atoms with E-state index < -0.39 is 6.10 Å². The van der Waals surface area contributed by atoms with E-state index in [-0.39, 0.29) is 5.91 Å². The topological polar surface area (TPSA) is 79.9 Å². The predicted molar refractivity (Wildman–Crippen MR) is 76.6 cm³/mol. The molecule has 2 rings (SSSR count). The van der Waals surface area contributed by atoms with Gasteiger partial charge in [0.2, 0.25) is 0 Å². The van der Waals surface area contributed by atoms with Crippen molar-refractivity contribution in [2.24, 2.45) is 0 Å². The van der Waals surface area contributed by atoms with Crippen LogP contribution >= 0.6 is 11.8 Å². The van der Waals surface area contributed by atoms with E-state index in [4.69, 9.17) is 4.74 Å². The molecule has 0 aliphatic carbocycles. The fourth-order valence-corrected chi connectivity index (χ4v) is 2.83. The smallest absolute Gasteiger partial charge is 0.254 e. The van der Waals surface area contributed by atoms with Crippen LogP contribution in [0.25, 0.3) is 0 Å². The maximum atomic E-state index is 12.0. The number of ether oxygens (including phenoxy) is 1. The minimum atomic E-state index is -0.544. The molecule has 1 aromatic heterocycles. The Kier molecular flexibility index (Phi) is 5.04. The van der Waals surface area contributed by atoms with Crippen LogP contribution in [-0.2, 0) is 16.1 Å². The van der Waals surface area contributed by atoms with Crippen molar-refractivity contribution in [3.8, 4) is 6.07 Å². The van der Waals surface area contributed by atoms with Crippen LogP contribution < -0.4 is 5.32 Å². The number of amides is 1. The van der Waals surface area contributed by atoms with Gasteiger partial charge in [0.05, 0.1) is 0 Å². The number of anilines is 1. The lowest BCUT2D eigenvalue weighted by Crippen LogP contribution is -2.28. The molecule has 0 bridgehead atoms. The number of thioether (sulfide) groups is 1. The Hall–Kier alpha value is -1.52. The van der Waals surface area contributed by atoms with Crippen LogP contribution in [-0.4, -0.2) is 33.9 Å². The highest BCUT2D eigenvalue weighted by atomic mass is 32.2. The summed E-state index contributed by atoms with van der Waals surface area (Å²) in [5.74, 6) is 0.993. The molecule has 0 radical (unpaired) electrons. The van der Waals surface area contributed by atoms with Crippen LogP contribution in [0.4, 0.5) is 5.82 Å². The summed E-state index contributed by atoms with van der Waals surface area (Å²) in [6.07, 6.45) is 1.41. The summed E-state index contributed by atoms with van der Waals surface area (Å²) in [6, 6.07) is 2.10. The highest BCUT2D eigenvalue weighted by Crippen LogP contribution is 2.30. The average Bonchev–Trinajstić information content (AvgIpc) is 2.98. The lowest BCUT2D eigenvalue weighted by Gasteiger charge is -2.12. The van der Waals surface area contributed by atoms with Crippen molar-refractivity contribution in [2.75, 3.05) is 17.7 Å². The molecule has 1 atom stereocenters. The number of carbonyl (C=O) groups is 1. The van der Waals surface area contributed by atoms with Crippen molar-refractivity contribution in [1.29, 1.82) is 5.26 Å². The third-order valence-corrected chi connectivity index (χ3v) is 4.02. The molecule has 0 aromatic carbocycles. The average molecular weight is 294 g/mol. The molecule has 1 aliphatic heterocycles. The molecule has 6 nitrogen and oxygen atoms in total. The van der Waals surface area contributed by atoms with Gasteiger partial charge in [0, 0.05) is 18.9 Å². The van der Waals surface area contributed by atoms with Crippen molar-refractivity contribution in [1.82, 2.24) is 9.55 Å². The van der Waals surface area contributed by atoms with Crippen LogP contribution in [0.5, 0.6) is 0 Å². The van der Waals surface area contributed by atoms with Crippen LogP contribution in [0.2, 0.25) is 0 Å². The fourth-order valence-electron chi connectivity index (χ4n) is 1.88. The third kappa shape index (κ3) is 3.14. The number of hydrogen-bond acceptors (Lipinski definition) is 5. The molecule has 1 amide bonds. The van der Waals surface area contributed by atoms with E-state index in [0.29, 0.717) is 18.1 Å². The number of rotatable bonds is 6. The molecular weight excluding hydrogens is 276 g/mol. The van der Waals surface area contributed by atoms with Gasteiger partial charge < -0.3 is 14.6 Å². The monoisotopic (exact) mass is 294 g/mol. The zero-order chi connectivity index (χ0) is 14.5. The first-order chi connectivity index (χ1) is 9.67. The van der Waals surface area contributed by atoms with E-state index in [9.17, 15) is 10.1 Å². The Bertz CT molecular complexity index is 535. The van der Waals surface area contributed by atoms with E-state index in [2.05, 4.69) is 23.3 Å². The van der Waals surface area contributed by atoms with Crippen LogP contribution in [0, 0.1) is 11.3 Å². The highest BCUT2D eigenvalue weighted by molar-refractivity contribution is 7.99. The molecule has 1 unspecified atom stereocenters. The van der Waals surface area contributed by atoms with Gasteiger partial charge in [0.15, 0.2) is 16.7 Å². The molecule has 0 saturated heterocycles. The Morgan fingerprint density at radius 3 is 3.20 bits per heavy atom. The first-order valence-electron chi connectivity index (χ1n) is 6.73. The summed E-state index contributed by atoms with van der Waals surface area (Å²) >= 11 is 1.59. The molecular formula is C13H18N4O2S. The summed E-state index contributed by atoms with van der Waals surface area (Å²) in [4.78, 5) is 16.3.